The number of rotatable bonds is 7. The van der Waals surface area contributed by atoms with Crippen LogP contribution >= 0.6 is 11.8 Å². The third kappa shape index (κ3) is 4.78. The van der Waals surface area contributed by atoms with E-state index in [0.717, 1.165) is 23.6 Å². The lowest BCUT2D eigenvalue weighted by molar-refractivity contribution is 0.104. The molecule has 2 aromatic carbocycles. The van der Waals surface area contributed by atoms with Gasteiger partial charge in [0.2, 0.25) is 0 Å². The molecular weight excluding hydrogens is 290 g/mol. The van der Waals surface area contributed by atoms with E-state index < -0.39 is 0 Å². The van der Waals surface area contributed by atoms with Gasteiger partial charge in [-0.05, 0) is 31.2 Å². The lowest BCUT2D eigenvalue weighted by Crippen LogP contribution is -2.02. The summed E-state index contributed by atoms with van der Waals surface area (Å²) in [6.07, 6.45) is 2.79. The first-order valence-corrected chi connectivity index (χ1v) is 8.46. The van der Waals surface area contributed by atoms with Gasteiger partial charge in [0.25, 0.3) is 0 Å². The Morgan fingerprint density at radius 2 is 1.77 bits per heavy atom. The second-order valence-corrected chi connectivity index (χ2v) is 6.16. The quantitative estimate of drug-likeness (QED) is 0.422. The number of carbonyl (C=O) groups excluding carboxylic acids is 1. The minimum absolute atomic E-state index is 0.0179. The molecule has 2 rings (SSSR count). The minimum Gasteiger partial charge on any atom is -0.358 e. The largest absolute Gasteiger partial charge is 0.358 e. The Hall–Kier alpha value is -2.00. The predicted octanol–water partition coefficient (Wildman–Crippen LogP) is 5.39. The molecule has 0 aliphatic heterocycles. The molecule has 3 heteroatoms. The smallest absolute Gasteiger partial charge is 0.187 e. The van der Waals surface area contributed by atoms with Gasteiger partial charge in [-0.1, -0.05) is 49.4 Å². The molecule has 0 radical (unpaired) electrons. The number of allylic oxidation sites excluding steroid dienone is 2. The molecule has 0 unspecified atom stereocenters. The van der Waals surface area contributed by atoms with Crippen molar-refractivity contribution in [2.45, 2.75) is 25.2 Å². The normalized spacial score (nSPS) is 11.3. The Morgan fingerprint density at radius 3 is 2.50 bits per heavy atom. The molecule has 114 valence electrons. The van der Waals surface area contributed by atoms with Crippen LogP contribution in [0.2, 0.25) is 0 Å². The highest BCUT2D eigenvalue weighted by molar-refractivity contribution is 7.99. The van der Waals surface area contributed by atoms with Crippen LogP contribution in [0.25, 0.3) is 0 Å². The molecule has 1 N–H and O–H groups in total. The van der Waals surface area contributed by atoms with E-state index in [2.05, 4.69) is 18.3 Å². The molecule has 0 amide bonds. The van der Waals surface area contributed by atoms with E-state index in [9.17, 15) is 4.79 Å². The van der Waals surface area contributed by atoms with Gasteiger partial charge in [-0.3, -0.25) is 4.79 Å². The van der Waals surface area contributed by atoms with E-state index in [1.54, 1.807) is 6.08 Å². The Kier molecular flexibility index (Phi) is 6.28. The highest BCUT2D eigenvalue weighted by atomic mass is 32.2. The zero-order valence-corrected chi connectivity index (χ0v) is 13.8. The van der Waals surface area contributed by atoms with Gasteiger partial charge in [-0.15, -0.1) is 11.8 Å². The van der Waals surface area contributed by atoms with Crippen LogP contribution in [0.5, 0.6) is 0 Å². The summed E-state index contributed by atoms with van der Waals surface area (Å²) in [4.78, 5) is 13.4. The highest BCUT2D eigenvalue weighted by Crippen LogP contribution is 2.28. The average molecular weight is 311 g/mol. The summed E-state index contributed by atoms with van der Waals surface area (Å²) in [7, 11) is 0. The van der Waals surface area contributed by atoms with E-state index in [0.29, 0.717) is 5.56 Å². The summed E-state index contributed by atoms with van der Waals surface area (Å²) >= 11 is 1.83. The number of ketones is 1. The second-order valence-electron chi connectivity index (χ2n) is 5.03. The van der Waals surface area contributed by atoms with Crippen LogP contribution in [0.15, 0.2) is 71.3 Å². The fraction of sp³-hybridized carbons (Fsp3) is 0.211. The van der Waals surface area contributed by atoms with Crippen LogP contribution in [0.4, 0.5) is 5.69 Å². The van der Waals surface area contributed by atoms with Gasteiger partial charge in [0.15, 0.2) is 5.78 Å². The molecular formula is C19H21NOS. The van der Waals surface area contributed by atoms with E-state index in [-0.39, 0.29) is 5.78 Å². The highest BCUT2D eigenvalue weighted by Gasteiger charge is 2.05. The number of hydrogen-bond donors (Lipinski definition) is 1. The number of hydrogen-bond acceptors (Lipinski definition) is 3. The topological polar surface area (TPSA) is 29.1 Å². The third-order valence-electron chi connectivity index (χ3n) is 3.09. The van der Waals surface area contributed by atoms with Gasteiger partial charge < -0.3 is 5.32 Å². The molecule has 0 atom stereocenters. The Bertz CT molecular complexity index is 649. The summed E-state index contributed by atoms with van der Waals surface area (Å²) in [5.41, 5.74) is 2.60. The molecule has 0 aromatic heterocycles. The number of anilines is 1. The van der Waals surface area contributed by atoms with E-state index in [4.69, 9.17) is 0 Å². The molecule has 2 nitrogen and oxygen atoms in total. The number of para-hydroxylation sites is 1. The van der Waals surface area contributed by atoms with Crippen LogP contribution in [-0.4, -0.2) is 11.5 Å². The monoisotopic (exact) mass is 311 g/mol. The van der Waals surface area contributed by atoms with E-state index >= 15 is 0 Å². The Balaban J connectivity index is 2.10. The Labute approximate surface area is 136 Å². The molecule has 22 heavy (non-hydrogen) atoms. The van der Waals surface area contributed by atoms with Crippen molar-refractivity contribution >= 4 is 23.2 Å². The second kappa shape index (κ2) is 8.44. The van der Waals surface area contributed by atoms with Crippen molar-refractivity contribution in [1.82, 2.24) is 0 Å². The number of thioether (sulfide) groups is 1. The van der Waals surface area contributed by atoms with Crippen molar-refractivity contribution < 1.29 is 4.79 Å². The summed E-state index contributed by atoms with van der Waals surface area (Å²) in [6, 6.07) is 17.5. The molecule has 0 aliphatic rings. The number of benzene rings is 2. The van der Waals surface area contributed by atoms with Gasteiger partial charge in [-0.2, -0.15) is 0 Å². The van der Waals surface area contributed by atoms with Crippen LogP contribution in [0, 0.1) is 0 Å². The lowest BCUT2D eigenvalue weighted by atomic mass is 10.1. The van der Waals surface area contributed by atoms with E-state index in [1.807, 2.05) is 67.2 Å². The molecule has 0 bridgehead atoms. The SMILES string of the molecule is CCCSc1ccccc1N/C(C)=C\C(=O)c1ccccc1. The zero-order chi connectivity index (χ0) is 15.8. The van der Waals surface area contributed by atoms with Gasteiger partial charge in [0.05, 0.1) is 5.69 Å². The summed E-state index contributed by atoms with van der Waals surface area (Å²) < 4.78 is 0. The zero-order valence-electron chi connectivity index (χ0n) is 13.0. The summed E-state index contributed by atoms with van der Waals surface area (Å²) in [6.45, 7) is 4.09. The minimum atomic E-state index is 0.0179. The maximum Gasteiger partial charge on any atom is 0.187 e. The van der Waals surface area contributed by atoms with Crippen LogP contribution in [-0.2, 0) is 0 Å². The standard InChI is InChI=1S/C19H21NOS/c1-3-13-22-19-12-8-7-11-17(19)20-15(2)14-18(21)16-9-5-4-6-10-16/h4-12,14,20H,3,13H2,1-2H3/b15-14-. The van der Waals surface area contributed by atoms with Gasteiger partial charge in [-0.25, -0.2) is 0 Å². The van der Waals surface area contributed by atoms with Crippen molar-refractivity contribution in [2.75, 3.05) is 11.1 Å². The van der Waals surface area contributed by atoms with Gasteiger partial charge in [0, 0.05) is 22.2 Å². The molecule has 0 saturated heterocycles. The van der Waals surface area contributed by atoms with Crippen LogP contribution in [0.1, 0.15) is 30.6 Å². The molecule has 0 saturated carbocycles. The lowest BCUT2D eigenvalue weighted by Gasteiger charge is -2.11. The van der Waals surface area contributed by atoms with Gasteiger partial charge >= 0.3 is 0 Å². The first-order chi connectivity index (χ1) is 10.7. The summed E-state index contributed by atoms with van der Waals surface area (Å²) in [5, 5.41) is 3.34. The van der Waals surface area contributed by atoms with Gasteiger partial charge in [0.1, 0.15) is 0 Å². The molecule has 0 heterocycles. The maximum atomic E-state index is 12.2. The fourth-order valence-corrected chi connectivity index (χ4v) is 2.91. The fourth-order valence-electron chi connectivity index (χ4n) is 2.04. The molecule has 2 aromatic rings. The van der Waals surface area contributed by atoms with Crippen molar-refractivity contribution in [2.24, 2.45) is 0 Å². The van der Waals surface area contributed by atoms with E-state index in [1.165, 1.54) is 4.90 Å². The maximum absolute atomic E-state index is 12.2. The van der Waals surface area contributed by atoms with Crippen LogP contribution < -0.4 is 5.32 Å². The average Bonchev–Trinajstić information content (AvgIpc) is 2.54. The van der Waals surface area contributed by atoms with Crippen molar-refractivity contribution in [1.29, 1.82) is 0 Å². The van der Waals surface area contributed by atoms with Crippen molar-refractivity contribution in [3.05, 3.63) is 71.9 Å². The summed E-state index contributed by atoms with van der Waals surface area (Å²) in [5.74, 6) is 1.11. The predicted molar refractivity (Wildman–Crippen MR) is 95.6 cm³/mol. The Morgan fingerprint density at radius 1 is 1.09 bits per heavy atom. The first kappa shape index (κ1) is 16.4. The van der Waals surface area contributed by atoms with Crippen molar-refractivity contribution in [3.8, 4) is 0 Å². The third-order valence-corrected chi connectivity index (χ3v) is 4.37. The first-order valence-electron chi connectivity index (χ1n) is 7.47. The molecule has 0 aliphatic carbocycles. The number of carbonyl (C=O) groups is 1. The molecule has 0 fully saturated rings. The van der Waals surface area contributed by atoms with Crippen LogP contribution in [0.3, 0.4) is 0 Å². The number of nitrogens with one attached hydrogen (secondary N) is 1. The molecule has 0 spiro atoms. The van der Waals surface area contributed by atoms with Crippen molar-refractivity contribution in [3.63, 3.8) is 0 Å².